The Hall–Kier alpha value is -7.42. The number of hydrogen-bond donors (Lipinski definition) is 1. The zero-order valence-corrected chi connectivity index (χ0v) is 30.5. The van der Waals surface area contributed by atoms with Gasteiger partial charge in [0.2, 0.25) is 0 Å². The van der Waals surface area contributed by atoms with E-state index in [0.29, 0.717) is 0 Å². The van der Waals surface area contributed by atoms with Gasteiger partial charge in [0.05, 0.1) is 11.2 Å². The van der Waals surface area contributed by atoms with E-state index in [1.807, 2.05) is 12.1 Å². The molecule has 0 bridgehead atoms. The van der Waals surface area contributed by atoms with Crippen molar-refractivity contribution >= 4 is 71.0 Å². The molecule has 0 amide bonds. The smallest absolute Gasteiger partial charge is 0.0794 e. The van der Waals surface area contributed by atoms with Gasteiger partial charge in [-0.25, -0.2) is 4.98 Å². The summed E-state index contributed by atoms with van der Waals surface area (Å²) in [7, 11) is 0. The van der Waals surface area contributed by atoms with E-state index in [1.165, 1.54) is 65.8 Å². The molecule has 260 valence electrons. The molecule has 0 saturated heterocycles. The largest absolute Gasteiger partial charge is 0.308 e. The van der Waals surface area contributed by atoms with Crippen LogP contribution in [0.4, 0.5) is 0 Å². The van der Waals surface area contributed by atoms with Crippen LogP contribution in [0.3, 0.4) is 0 Å². The molecule has 1 heterocycles. The Bertz CT molecular complexity index is 3360. The van der Waals surface area contributed by atoms with Crippen molar-refractivity contribution in [3.05, 3.63) is 200 Å². The second kappa shape index (κ2) is 12.9. The molecule has 10 aromatic carbocycles. The van der Waals surface area contributed by atoms with E-state index >= 15 is 0 Å². The first-order chi connectivity index (χ1) is 27.7. The van der Waals surface area contributed by atoms with Gasteiger partial charge in [0, 0.05) is 22.6 Å². The van der Waals surface area contributed by atoms with Crippen molar-refractivity contribution in [3.8, 4) is 44.6 Å². The molecule has 0 aliphatic heterocycles. The molecule has 1 aromatic heterocycles. The van der Waals surface area contributed by atoms with Gasteiger partial charge >= 0.3 is 0 Å². The summed E-state index contributed by atoms with van der Waals surface area (Å²) in [6, 6.07) is 70.1. The van der Waals surface area contributed by atoms with Crippen molar-refractivity contribution in [3.63, 3.8) is 0 Å². The highest BCUT2D eigenvalue weighted by Crippen LogP contribution is 2.44. The molecule has 2 nitrogen and oxygen atoms in total. The summed E-state index contributed by atoms with van der Waals surface area (Å²) in [5, 5.41) is 20.9. The average Bonchev–Trinajstić information content (AvgIpc) is 3.28. The maximum absolute atomic E-state index is 7.64. The first-order valence-electron chi connectivity index (χ1n) is 19.1. The highest BCUT2D eigenvalue weighted by molar-refractivity contribution is 6.22. The number of pyridine rings is 1. The maximum Gasteiger partial charge on any atom is 0.0794 e. The van der Waals surface area contributed by atoms with E-state index < -0.39 is 0 Å². The summed E-state index contributed by atoms with van der Waals surface area (Å²) in [6.45, 7) is 0. The molecule has 0 saturated carbocycles. The summed E-state index contributed by atoms with van der Waals surface area (Å²) in [6.07, 6.45) is 1.39. The van der Waals surface area contributed by atoms with Crippen LogP contribution >= 0.6 is 0 Å². The highest BCUT2D eigenvalue weighted by Gasteiger charge is 2.19. The maximum atomic E-state index is 7.64. The first-order valence-corrected chi connectivity index (χ1v) is 19.1. The quantitative estimate of drug-likeness (QED) is 0.140. The predicted molar refractivity (Wildman–Crippen MR) is 239 cm³/mol. The van der Waals surface area contributed by atoms with E-state index in [0.717, 1.165) is 55.4 Å². The van der Waals surface area contributed by atoms with Gasteiger partial charge in [-0.05, 0) is 112 Å². The Labute approximate surface area is 324 Å². The fraction of sp³-hybridized carbons (Fsp3) is 0. The predicted octanol–water partition coefficient (Wildman–Crippen LogP) is 14.7. The number of fused-ring (bicyclic) bond motifs is 9. The van der Waals surface area contributed by atoms with Crippen molar-refractivity contribution in [1.82, 2.24) is 4.98 Å². The molecule has 0 aliphatic rings. The second-order valence-corrected chi connectivity index (χ2v) is 14.6. The molecule has 11 aromatic rings. The zero-order chi connectivity index (χ0) is 37.2. The molecule has 0 aliphatic carbocycles. The average molecular weight is 711 g/mol. The molecule has 0 radical (unpaired) electrons. The summed E-state index contributed by atoms with van der Waals surface area (Å²) >= 11 is 0. The summed E-state index contributed by atoms with van der Waals surface area (Å²) < 4.78 is 0. The van der Waals surface area contributed by atoms with Crippen LogP contribution in [0.1, 0.15) is 5.56 Å². The highest BCUT2D eigenvalue weighted by atomic mass is 14.7. The van der Waals surface area contributed by atoms with Gasteiger partial charge in [-0.15, -0.1) is 0 Å². The van der Waals surface area contributed by atoms with Gasteiger partial charge in [-0.3, -0.25) is 0 Å². The third kappa shape index (κ3) is 5.11. The van der Waals surface area contributed by atoms with Gasteiger partial charge in [-0.1, -0.05) is 170 Å². The molecule has 0 spiro atoms. The standard InChI is InChI=1S/C54H34N2/c55-33-34-21-23-35(24-22-34)36-25-27-37(28-26-36)48-32-53(51-30-39-12-2-4-14-41(39)43-16-6-8-18-45(43)51)56-54-47-20-10-9-19-46(47)50(31-52(48)54)49-29-38-11-1-3-13-40(38)42-15-5-7-17-44(42)49/h1-33,55H. The van der Waals surface area contributed by atoms with Crippen LogP contribution in [-0.2, 0) is 0 Å². The SMILES string of the molecule is N=Cc1ccc(-c2ccc(-c3cc(-c4cc5ccccc5c5ccccc45)nc4c3cc(-c3cc5ccccc5c5ccccc35)c3ccccc34)cc2)cc1. The Kier molecular flexibility index (Phi) is 7.36. The summed E-state index contributed by atoms with van der Waals surface area (Å²) in [5.74, 6) is 0. The lowest BCUT2D eigenvalue weighted by atomic mass is 9.87. The monoisotopic (exact) mass is 710 g/mol. The van der Waals surface area contributed by atoms with Crippen molar-refractivity contribution < 1.29 is 0 Å². The molecule has 56 heavy (non-hydrogen) atoms. The molecule has 0 fully saturated rings. The van der Waals surface area contributed by atoms with Crippen molar-refractivity contribution in [2.75, 3.05) is 0 Å². The fourth-order valence-electron chi connectivity index (χ4n) is 8.81. The lowest BCUT2D eigenvalue weighted by molar-refractivity contribution is 1.42. The van der Waals surface area contributed by atoms with E-state index in [9.17, 15) is 0 Å². The van der Waals surface area contributed by atoms with Crippen LogP contribution in [0.25, 0.3) is 109 Å². The number of rotatable bonds is 5. The van der Waals surface area contributed by atoms with Crippen LogP contribution in [0.15, 0.2) is 194 Å². The van der Waals surface area contributed by atoms with Crippen LogP contribution < -0.4 is 0 Å². The normalized spacial score (nSPS) is 11.6. The fourth-order valence-corrected chi connectivity index (χ4v) is 8.81. The van der Waals surface area contributed by atoms with Crippen LogP contribution in [0, 0.1) is 5.41 Å². The third-order valence-electron chi connectivity index (χ3n) is 11.5. The summed E-state index contributed by atoms with van der Waals surface area (Å²) in [4.78, 5) is 5.63. The lowest BCUT2D eigenvalue weighted by Crippen LogP contribution is -1.95. The molecule has 0 atom stereocenters. The Morgan fingerprint density at radius 3 is 1.34 bits per heavy atom. The molecule has 2 heteroatoms. The molecule has 1 N–H and O–H groups in total. The Morgan fingerprint density at radius 2 is 0.750 bits per heavy atom. The Morgan fingerprint density at radius 1 is 0.321 bits per heavy atom. The molecular weight excluding hydrogens is 677 g/mol. The van der Waals surface area contributed by atoms with Crippen molar-refractivity contribution in [1.29, 1.82) is 5.41 Å². The van der Waals surface area contributed by atoms with Crippen molar-refractivity contribution in [2.45, 2.75) is 0 Å². The minimum atomic E-state index is 0.893. The minimum absolute atomic E-state index is 0.893. The van der Waals surface area contributed by atoms with Gasteiger partial charge in [0.25, 0.3) is 0 Å². The number of aromatic nitrogens is 1. The number of hydrogen-bond acceptors (Lipinski definition) is 2. The van der Waals surface area contributed by atoms with E-state index in [2.05, 4.69) is 182 Å². The van der Waals surface area contributed by atoms with Crippen LogP contribution in [-0.4, -0.2) is 11.2 Å². The first kappa shape index (κ1) is 32.0. The van der Waals surface area contributed by atoms with E-state index in [4.69, 9.17) is 10.4 Å². The Balaban J connectivity index is 1.23. The van der Waals surface area contributed by atoms with E-state index in [1.54, 1.807) is 0 Å². The van der Waals surface area contributed by atoms with Gasteiger partial charge in [-0.2, -0.15) is 0 Å². The van der Waals surface area contributed by atoms with Crippen molar-refractivity contribution in [2.24, 2.45) is 0 Å². The minimum Gasteiger partial charge on any atom is -0.308 e. The van der Waals surface area contributed by atoms with Gasteiger partial charge < -0.3 is 5.41 Å². The van der Waals surface area contributed by atoms with Crippen LogP contribution in [0.5, 0.6) is 0 Å². The molecule has 0 unspecified atom stereocenters. The number of nitrogens with one attached hydrogen (secondary N) is 1. The molecular formula is C54H34N2. The van der Waals surface area contributed by atoms with Gasteiger partial charge in [0.15, 0.2) is 0 Å². The lowest BCUT2D eigenvalue weighted by Gasteiger charge is -2.18. The molecule has 11 rings (SSSR count). The third-order valence-corrected chi connectivity index (χ3v) is 11.5. The van der Waals surface area contributed by atoms with E-state index in [-0.39, 0.29) is 0 Å². The number of benzene rings is 10. The van der Waals surface area contributed by atoms with Gasteiger partial charge in [0.1, 0.15) is 0 Å². The topological polar surface area (TPSA) is 36.7 Å². The number of nitrogens with zero attached hydrogens (tertiary/aromatic N) is 1. The zero-order valence-electron chi connectivity index (χ0n) is 30.5. The second-order valence-electron chi connectivity index (χ2n) is 14.6. The van der Waals surface area contributed by atoms with Crippen LogP contribution in [0.2, 0.25) is 0 Å². The summed E-state index contributed by atoms with van der Waals surface area (Å²) in [5.41, 5.74) is 10.9.